The van der Waals surface area contributed by atoms with Gasteiger partial charge < -0.3 is 14.6 Å². The van der Waals surface area contributed by atoms with Gasteiger partial charge in [0.15, 0.2) is 0 Å². The molecule has 1 fully saturated rings. The third-order valence-corrected chi connectivity index (χ3v) is 4.05. The van der Waals surface area contributed by atoms with E-state index >= 15 is 0 Å². The van der Waals surface area contributed by atoms with Crippen LogP contribution in [0.1, 0.15) is 11.1 Å². The van der Waals surface area contributed by atoms with Gasteiger partial charge in [0.25, 0.3) is 0 Å². The van der Waals surface area contributed by atoms with E-state index in [-0.39, 0.29) is 13.2 Å². The molecular weight excluding hydrogens is 306 g/mol. The molecule has 1 saturated heterocycles. The lowest BCUT2D eigenvalue weighted by atomic mass is 10.1. The first kappa shape index (κ1) is 16.8. The normalized spacial score (nSPS) is 22.1. The van der Waals surface area contributed by atoms with Gasteiger partial charge in [0.1, 0.15) is 24.3 Å². The van der Waals surface area contributed by atoms with Crippen molar-refractivity contribution in [2.45, 2.75) is 19.1 Å². The molecule has 2 heterocycles. The second kappa shape index (κ2) is 7.70. The number of aromatic nitrogens is 2. The number of rotatable bonds is 5. The first-order valence-electron chi connectivity index (χ1n) is 8.09. The van der Waals surface area contributed by atoms with E-state index < -0.39 is 5.60 Å². The number of β-amino-alcohol motifs (C(OH)–C–C–N with tert-alkyl or cyclic N) is 1. The summed E-state index contributed by atoms with van der Waals surface area (Å²) in [6, 6.07) is 7.80. The van der Waals surface area contributed by atoms with Crippen LogP contribution in [0, 0.1) is 6.92 Å². The van der Waals surface area contributed by atoms with E-state index in [1.54, 1.807) is 12.4 Å². The maximum Gasteiger partial charge on any atom is 0.134 e. The number of hydrogen-bond acceptors (Lipinski definition) is 6. The van der Waals surface area contributed by atoms with Crippen molar-refractivity contribution in [3.63, 3.8) is 0 Å². The van der Waals surface area contributed by atoms with Crippen LogP contribution in [0.5, 0.6) is 5.75 Å². The fraction of sp³-hybridized carbons (Fsp3) is 0.444. The molecule has 1 aliphatic rings. The van der Waals surface area contributed by atoms with E-state index in [9.17, 15) is 5.11 Å². The Morgan fingerprint density at radius 1 is 1.29 bits per heavy atom. The zero-order valence-corrected chi connectivity index (χ0v) is 13.9. The van der Waals surface area contributed by atoms with Gasteiger partial charge in [-0.25, -0.2) is 9.97 Å². The highest BCUT2D eigenvalue weighted by atomic mass is 16.5. The quantitative estimate of drug-likeness (QED) is 0.895. The van der Waals surface area contributed by atoms with E-state index in [1.165, 1.54) is 6.33 Å². The fourth-order valence-electron chi connectivity index (χ4n) is 2.82. The smallest absolute Gasteiger partial charge is 0.134 e. The third-order valence-electron chi connectivity index (χ3n) is 4.05. The van der Waals surface area contributed by atoms with Crippen molar-refractivity contribution in [1.82, 2.24) is 14.9 Å². The Bertz CT molecular complexity index is 653. The lowest BCUT2D eigenvalue weighted by Gasteiger charge is -2.30. The van der Waals surface area contributed by atoms with Crippen LogP contribution in [-0.2, 0) is 11.3 Å². The van der Waals surface area contributed by atoms with Crippen molar-refractivity contribution >= 4 is 0 Å². The molecule has 1 aromatic carbocycles. The predicted molar refractivity (Wildman–Crippen MR) is 89.8 cm³/mol. The third kappa shape index (κ3) is 4.50. The first-order chi connectivity index (χ1) is 11.6. The molecule has 0 aliphatic carbocycles. The highest BCUT2D eigenvalue weighted by Crippen LogP contribution is 2.20. The largest absolute Gasteiger partial charge is 0.490 e. The maximum absolute atomic E-state index is 10.9. The zero-order valence-electron chi connectivity index (χ0n) is 13.9. The van der Waals surface area contributed by atoms with Crippen LogP contribution in [0.4, 0.5) is 0 Å². The molecule has 0 amide bonds. The molecule has 24 heavy (non-hydrogen) atoms. The lowest BCUT2D eigenvalue weighted by Crippen LogP contribution is -2.48. The summed E-state index contributed by atoms with van der Waals surface area (Å²) in [5.41, 5.74) is 1.02. The second-order valence-electron chi connectivity index (χ2n) is 6.29. The van der Waals surface area contributed by atoms with Gasteiger partial charge in [0.05, 0.1) is 13.2 Å². The Labute approximate surface area is 142 Å². The van der Waals surface area contributed by atoms with Crippen molar-refractivity contribution in [3.8, 4) is 5.75 Å². The molecule has 1 atom stereocenters. The molecule has 3 rings (SSSR count). The van der Waals surface area contributed by atoms with Crippen molar-refractivity contribution in [1.29, 1.82) is 0 Å². The first-order valence-corrected chi connectivity index (χ1v) is 8.09. The maximum atomic E-state index is 10.9. The van der Waals surface area contributed by atoms with Gasteiger partial charge in [-0.1, -0.05) is 18.2 Å². The molecule has 0 saturated carbocycles. The van der Waals surface area contributed by atoms with Crippen LogP contribution in [0.2, 0.25) is 0 Å². The molecule has 0 bridgehead atoms. The summed E-state index contributed by atoms with van der Waals surface area (Å²) < 4.78 is 11.4. The topological polar surface area (TPSA) is 67.7 Å². The zero-order chi connectivity index (χ0) is 16.8. The molecular formula is C18H23N3O3. The lowest BCUT2D eigenvalue weighted by molar-refractivity contribution is -0.0647. The molecule has 1 aliphatic heterocycles. The van der Waals surface area contributed by atoms with E-state index in [1.807, 2.05) is 31.2 Å². The van der Waals surface area contributed by atoms with Gasteiger partial charge in [-0.3, -0.25) is 4.90 Å². The van der Waals surface area contributed by atoms with Crippen molar-refractivity contribution in [3.05, 3.63) is 54.1 Å². The summed E-state index contributed by atoms with van der Waals surface area (Å²) in [4.78, 5) is 10.2. The van der Waals surface area contributed by atoms with Gasteiger partial charge in [-0.2, -0.15) is 0 Å². The minimum absolute atomic E-state index is 0.194. The van der Waals surface area contributed by atoms with Crippen LogP contribution >= 0.6 is 0 Å². The fourth-order valence-corrected chi connectivity index (χ4v) is 2.82. The van der Waals surface area contributed by atoms with E-state index in [0.717, 1.165) is 23.4 Å². The van der Waals surface area contributed by atoms with Gasteiger partial charge in [0, 0.05) is 37.6 Å². The number of para-hydroxylation sites is 1. The van der Waals surface area contributed by atoms with E-state index in [0.29, 0.717) is 19.7 Å². The standard InChI is InChI=1S/C18H23N3O3/c1-15-4-2-3-5-17(15)24-13-18(22)11-21(6-7-23-12-18)10-16-8-19-14-20-9-16/h2-5,8-9,14,22H,6-7,10-13H2,1H3. The molecule has 128 valence electrons. The van der Waals surface area contributed by atoms with Gasteiger partial charge in [0.2, 0.25) is 0 Å². The molecule has 1 unspecified atom stereocenters. The van der Waals surface area contributed by atoms with Gasteiger partial charge >= 0.3 is 0 Å². The number of hydrogen-bond donors (Lipinski definition) is 1. The average molecular weight is 329 g/mol. The van der Waals surface area contributed by atoms with Crippen LogP contribution in [-0.4, -0.2) is 58.5 Å². The molecule has 0 radical (unpaired) electrons. The van der Waals surface area contributed by atoms with Gasteiger partial charge in [-0.15, -0.1) is 0 Å². The highest BCUT2D eigenvalue weighted by molar-refractivity contribution is 5.31. The summed E-state index contributed by atoms with van der Waals surface area (Å²) in [5.74, 6) is 0.790. The molecule has 2 aromatic rings. The SMILES string of the molecule is Cc1ccccc1OCC1(O)COCCN(Cc2cncnc2)C1. The minimum atomic E-state index is -1.05. The van der Waals surface area contributed by atoms with Crippen LogP contribution in [0.25, 0.3) is 0 Å². The molecule has 6 heteroatoms. The summed E-state index contributed by atoms with van der Waals surface area (Å²) in [6.07, 6.45) is 5.10. The Morgan fingerprint density at radius 2 is 2.08 bits per heavy atom. The Kier molecular flexibility index (Phi) is 5.40. The van der Waals surface area contributed by atoms with E-state index in [4.69, 9.17) is 9.47 Å². The van der Waals surface area contributed by atoms with Crippen LogP contribution in [0.15, 0.2) is 43.0 Å². The van der Waals surface area contributed by atoms with Crippen LogP contribution in [0.3, 0.4) is 0 Å². The van der Waals surface area contributed by atoms with Crippen molar-refractivity contribution < 1.29 is 14.6 Å². The second-order valence-corrected chi connectivity index (χ2v) is 6.29. The summed E-state index contributed by atoms with van der Waals surface area (Å²) in [7, 11) is 0. The minimum Gasteiger partial charge on any atom is -0.490 e. The summed E-state index contributed by atoms with van der Waals surface area (Å²) in [6.45, 7) is 4.94. The average Bonchev–Trinajstić information content (AvgIpc) is 2.77. The summed E-state index contributed by atoms with van der Waals surface area (Å²) in [5, 5.41) is 10.9. The molecule has 1 N–H and O–H groups in total. The Morgan fingerprint density at radius 3 is 2.88 bits per heavy atom. The van der Waals surface area contributed by atoms with E-state index in [2.05, 4.69) is 14.9 Å². The molecule has 1 aromatic heterocycles. The molecule has 0 spiro atoms. The van der Waals surface area contributed by atoms with Gasteiger partial charge in [-0.05, 0) is 18.6 Å². The highest BCUT2D eigenvalue weighted by Gasteiger charge is 2.33. The van der Waals surface area contributed by atoms with Crippen molar-refractivity contribution in [2.75, 3.05) is 32.9 Å². The predicted octanol–water partition coefficient (Wildman–Crippen LogP) is 1.43. The monoisotopic (exact) mass is 329 g/mol. The number of benzene rings is 1. The number of nitrogens with zero attached hydrogens (tertiary/aromatic N) is 3. The number of ether oxygens (including phenoxy) is 2. The molecule has 6 nitrogen and oxygen atoms in total. The Balaban J connectivity index is 1.63. The Hall–Kier alpha value is -2.02. The van der Waals surface area contributed by atoms with Crippen LogP contribution < -0.4 is 4.74 Å². The number of aryl methyl sites for hydroxylation is 1. The number of aliphatic hydroxyl groups is 1. The summed E-state index contributed by atoms with van der Waals surface area (Å²) >= 11 is 0. The van der Waals surface area contributed by atoms with Crippen molar-refractivity contribution in [2.24, 2.45) is 0 Å².